The molecule has 0 aliphatic heterocycles. The van der Waals surface area contributed by atoms with Gasteiger partial charge in [0, 0.05) is 18.3 Å². The molecule has 0 aliphatic rings. The third kappa shape index (κ3) is 2.17. The van der Waals surface area contributed by atoms with Crippen LogP contribution in [0.15, 0.2) is 35.6 Å². The minimum absolute atomic E-state index is 0.178. The molecule has 0 aliphatic carbocycles. The first-order valence-corrected chi connectivity index (χ1v) is 6.66. The molecule has 0 bridgehead atoms. The molecule has 4 aromatic heterocycles. The normalized spacial score (nSPS) is 12.1. The number of imidazole rings is 2. The predicted molar refractivity (Wildman–Crippen MR) is 76.0 cm³/mol. The van der Waals surface area contributed by atoms with Crippen molar-refractivity contribution in [1.29, 1.82) is 0 Å². The lowest BCUT2D eigenvalue weighted by Crippen LogP contribution is -2.07. The van der Waals surface area contributed by atoms with Crippen LogP contribution >= 0.6 is 0 Å². The average molecular weight is 335 g/mol. The summed E-state index contributed by atoms with van der Waals surface area (Å²) in [7, 11) is 0. The Bertz CT molecular complexity index is 1070. The molecule has 8 nitrogen and oxygen atoms in total. The lowest BCUT2D eigenvalue weighted by Gasteiger charge is -2.00. The first kappa shape index (κ1) is 14.2. The number of pyridine rings is 1. The molecule has 0 unspecified atom stereocenters. The predicted octanol–water partition coefficient (Wildman–Crippen LogP) is 1.82. The van der Waals surface area contributed by atoms with E-state index >= 15 is 0 Å². The highest BCUT2D eigenvalue weighted by Gasteiger charge is 2.36. The Hall–Kier alpha value is -3.37. The van der Waals surface area contributed by atoms with Gasteiger partial charge in [0.1, 0.15) is 11.3 Å². The zero-order valence-corrected chi connectivity index (χ0v) is 11.7. The van der Waals surface area contributed by atoms with E-state index in [0.717, 1.165) is 0 Å². The molecular formula is C13H8F3N7O. The molecule has 0 fully saturated rings. The molecule has 4 aromatic rings. The van der Waals surface area contributed by atoms with Crippen LogP contribution in [0.5, 0.6) is 0 Å². The molecule has 0 saturated carbocycles. The number of aromatic nitrogens is 7. The topological polar surface area (TPSA) is 108 Å². The van der Waals surface area contributed by atoms with Crippen molar-refractivity contribution in [1.82, 2.24) is 34.5 Å². The first-order chi connectivity index (χ1) is 11.4. The van der Waals surface area contributed by atoms with Gasteiger partial charge in [0.25, 0.3) is 0 Å². The summed E-state index contributed by atoms with van der Waals surface area (Å²) in [4.78, 5) is 24.7. The van der Waals surface area contributed by atoms with Gasteiger partial charge in [0.05, 0.1) is 23.9 Å². The maximum absolute atomic E-state index is 12.7. The zero-order valence-electron chi connectivity index (χ0n) is 11.7. The Kier molecular flexibility index (Phi) is 2.85. The van der Waals surface area contributed by atoms with Crippen LogP contribution in [0.4, 0.5) is 13.2 Å². The van der Waals surface area contributed by atoms with Crippen molar-refractivity contribution in [2.24, 2.45) is 0 Å². The number of aromatic amines is 3. The number of hydrogen-bond acceptors (Lipinski definition) is 4. The van der Waals surface area contributed by atoms with Crippen LogP contribution in [-0.4, -0.2) is 34.5 Å². The second-order valence-corrected chi connectivity index (χ2v) is 4.94. The lowest BCUT2D eigenvalue weighted by atomic mass is 10.2. The SMILES string of the molecule is O=c1ccn2c(-c3cnc[nH]3)c(-c3n[nH]c(C(F)(F)F)n3)[nH]c2c1. The van der Waals surface area contributed by atoms with E-state index in [0.29, 0.717) is 17.0 Å². The summed E-state index contributed by atoms with van der Waals surface area (Å²) in [6, 6.07) is 2.66. The summed E-state index contributed by atoms with van der Waals surface area (Å²) in [5.41, 5.74) is 1.34. The van der Waals surface area contributed by atoms with E-state index in [-0.39, 0.29) is 16.9 Å². The standard InChI is InChI=1S/C13H8F3N7O/c14-13(15,16)12-20-11(21-22-12)9-10(7-4-17-5-18-7)23-2-1-6(24)3-8(23)19-9/h1-5,19H,(H,17,18)(H,20,21,22). The van der Waals surface area contributed by atoms with Crippen molar-refractivity contribution in [2.45, 2.75) is 6.18 Å². The molecule has 0 radical (unpaired) electrons. The Balaban J connectivity index is 1.99. The van der Waals surface area contributed by atoms with Gasteiger partial charge in [-0.25, -0.2) is 9.97 Å². The summed E-state index contributed by atoms with van der Waals surface area (Å²) in [5.74, 6) is -1.38. The molecule has 0 amide bonds. The highest BCUT2D eigenvalue weighted by molar-refractivity contribution is 5.77. The number of nitrogens with one attached hydrogen (secondary N) is 3. The smallest absolute Gasteiger partial charge is 0.343 e. The summed E-state index contributed by atoms with van der Waals surface area (Å²) >= 11 is 0. The summed E-state index contributed by atoms with van der Waals surface area (Å²) < 4.78 is 39.8. The summed E-state index contributed by atoms with van der Waals surface area (Å²) in [6.07, 6.45) is -0.201. The number of nitrogens with zero attached hydrogens (tertiary/aromatic N) is 4. The van der Waals surface area contributed by atoms with Gasteiger partial charge in [-0.15, -0.1) is 0 Å². The Morgan fingerprint density at radius 3 is 2.75 bits per heavy atom. The van der Waals surface area contributed by atoms with E-state index in [1.807, 2.05) is 5.10 Å². The van der Waals surface area contributed by atoms with E-state index in [1.54, 1.807) is 4.40 Å². The summed E-state index contributed by atoms with van der Waals surface area (Å²) in [5, 5.41) is 5.50. The fourth-order valence-electron chi connectivity index (χ4n) is 2.39. The van der Waals surface area contributed by atoms with Gasteiger partial charge in [-0.05, 0) is 0 Å². The molecule has 3 N–H and O–H groups in total. The molecule has 11 heteroatoms. The molecule has 24 heavy (non-hydrogen) atoms. The van der Waals surface area contributed by atoms with Crippen LogP contribution in [0.2, 0.25) is 0 Å². The van der Waals surface area contributed by atoms with E-state index in [4.69, 9.17) is 0 Å². The van der Waals surface area contributed by atoms with Gasteiger partial charge in [-0.2, -0.15) is 18.3 Å². The highest BCUT2D eigenvalue weighted by atomic mass is 19.4. The zero-order chi connectivity index (χ0) is 16.9. The van der Waals surface area contributed by atoms with Crippen molar-refractivity contribution in [3.63, 3.8) is 0 Å². The van der Waals surface area contributed by atoms with Crippen molar-refractivity contribution in [3.8, 4) is 22.9 Å². The molecule has 0 saturated heterocycles. The second-order valence-electron chi connectivity index (χ2n) is 4.94. The molecule has 0 atom stereocenters. The van der Waals surface area contributed by atoms with Crippen molar-refractivity contribution in [3.05, 3.63) is 46.9 Å². The molecule has 0 aromatic carbocycles. The van der Waals surface area contributed by atoms with E-state index < -0.39 is 12.0 Å². The number of H-pyrrole nitrogens is 3. The van der Waals surface area contributed by atoms with E-state index in [9.17, 15) is 18.0 Å². The van der Waals surface area contributed by atoms with Crippen LogP contribution in [0.25, 0.3) is 28.6 Å². The number of alkyl halides is 3. The van der Waals surface area contributed by atoms with Gasteiger partial charge in [0.2, 0.25) is 5.82 Å². The minimum atomic E-state index is -4.64. The Morgan fingerprint density at radius 2 is 2.08 bits per heavy atom. The quantitative estimate of drug-likeness (QED) is 0.519. The second kappa shape index (κ2) is 4.81. The Morgan fingerprint density at radius 1 is 1.25 bits per heavy atom. The maximum atomic E-state index is 12.7. The van der Waals surface area contributed by atoms with Gasteiger partial charge >= 0.3 is 6.18 Å². The molecule has 4 heterocycles. The molecule has 4 rings (SSSR count). The third-order valence-electron chi connectivity index (χ3n) is 3.39. The largest absolute Gasteiger partial charge is 0.451 e. The van der Waals surface area contributed by atoms with Crippen molar-refractivity contribution < 1.29 is 13.2 Å². The number of halogens is 3. The summed E-state index contributed by atoms with van der Waals surface area (Å²) in [6.45, 7) is 0. The monoisotopic (exact) mass is 335 g/mol. The van der Waals surface area contributed by atoms with Gasteiger partial charge < -0.3 is 9.97 Å². The molecule has 122 valence electrons. The average Bonchev–Trinajstić information content (AvgIpc) is 3.24. The highest BCUT2D eigenvalue weighted by Crippen LogP contribution is 2.31. The van der Waals surface area contributed by atoms with Crippen LogP contribution in [-0.2, 0) is 6.18 Å². The van der Waals surface area contributed by atoms with Crippen molar-refractivity contribution >= 4 is 5.65 Å². The van der Waals surface area contributed by atoms with Gasteiger partial charge in [-0.3, -0.25) is 14.3 Å². The minimum Gasteiger partial charge on any atom is -0.343 e. The lowest BCUT2D eigenvalue weighted by molar-refractivity contribution is -0.144. The van der Waals surface area contributed by atoms with Crippen LogP contribution < -0.4 is 5.43 Å². The third-order valence-corrected chi connectivity index (χ3v) is 3.39. The van der Waals surface area contributed by atoms with Crippen LogP contribution in [0.1, 0.15) is 5.82 Å². The van der Waals surface area contributed by atoms with Gasteiger partial charge in [0.15, 0.2) is 11.3 Å². The fourth-order valence-corrected chi connectivity index (χ4v) is 2.39. The Labute approximate surface area is 130 Å². The number of fused-ring (bicyclic) bond motifs is 1. The van der Waals surface area contributed by atoms with E-state index in [1.165, 1.54) is 30.9 Å². The molecule has 0 spiro atoms. The fraction of sp³-hybridized carbons (Fsp3) is 0.0769. The first-order valence-electron chi connectivity index (χ1n) is 6.66. The van der Waals surface area contributed by atoms with Crippen molar-refractivity contribution in [2.75, 3.05) is 0 Å². The molecular weight excluding hydrogens is 327 g/mol. The number of rotatable bonds is 2. The maximum Gasteiger partial charge on any atom is 0.451 e. The number of hydrogen-bond donors (Lipinski definition) is 3. The van der Waals surface area contributed by atoms with Crippen LogP contribution in [0, 0.1) is 0 Å². The van der Waals surface area contributed by atoms with E-state index in [2.05, 4.69) is 25.0 Å². The van der Waals surface area contributed by atoms with Gasteiger partial charge in [-0.1, -0.05) is 0 Å². The van der Waals surface area contributed by atoms with Crippen LogP contribution in [0.3, 0.4) is 0 Å².